The van der Waals surface area contributed by atoms with E-state index < -0.39 is 24.1 Å². The first-order valence-corrected chi connectivity index (χ1v) is 4.22. The first kappa shape index (κ1) is 9.77. The Balaban J connectivity index is 2.61. The Morgan fingerprint density at radius 3 is 2.62 bits per heavy atom. The largest absolute Gasteiger partial charge is 0.448 e. The normalized spacial score (nSPS) is 28.8. The fraction of sp³-hybridized carbons (Fsp3) is 0.556. The van der Waals surface area contributed by atoms with Gasteiger partial charge in [-0.25, -0.2) is 9.59 Å². The zero-order valence-corrected chi connectivity index (χ0v) is 7.65. The zero-order chi connectivity index (χ0) is 9.84. The van der Waals surface area contributed by atoms with Crippen molar-refractivity contribution in [3.63, 3.8) is 0 Å². The molecule has 1 aliphatic rings. The van der Waals surface area contributed by atoms with E-state index in [1.165, 1.54) is 13.0 Å². The molecule has 1 saturated heterocycles. The van der Waals surface area contributed by atoms with Crippen LogP contribution in [0.4, 0.5) is 0 Å². The fourth-order valence-electron chi connectivity index (χ4n) is 0.936. The predicted octanol–water partition coefficient (Wildman–Crippen LogP) is 0.810. The molecule has 0 saturated carbocycles. The molecule has 0 aromatic carbocycles. The smallest absolute Gasteiger partial charge is 0.352 e. The maximum absolute atomic E-state index is 11.1. The Labute approximate surface area is 76.5 Å². The highest BCUT2D eigenvalue weighted by molar-refractivity contribution is 5.88. The van der Waals surface area contributed by atoms with Crippen molar-refractivity contribution in [2.45, 2.75) is 32.5 Å². The molecule has 0 amide bonds. The van der Waals surface area contributed by atoms with E-state index in [0.717, 1.165) is 6.42 Å². The second kappa shape index (κ2) is 4.07. The molecule has 1 rings (SSSR count). The lowest BCUT2D eigenvalue weighted by molar-refractivity contribution is -0.189. The summed E-state index contributed by atoms with van der Waals surface area (Å²) in [5, 5.41) is 0. The van der Waals surface area contributed by atoms with Crippen LogP contribution in [0.2, 0.25) is 0 Å². The number of rotatable bonds is 2. The van der Waals surface area contributed by atoms with Gasteiger partial charge in [0, 0.05) is 0 Å². The van der Waals surface area contributed by atoms with Gasteiger partial charge in [-0.15, -0.1) is 0 Å². The number of hydrogen-bond acceptors (Lipinski definition) is 4. The van der Waals surface area contributed by atoms with Crippen LogP contribution in [0.5, 0.6) is 0 Å². The second-order valence-electron chi connectivity index (χ2n) is 2.77. The van der Waals surface area contributed by atoms with Gasteiger partial charge in [0.15, 0.2) is 6.10 Å². The van der Waals surface area contributed by atoms with Gasteiger partial charge >= 0.3 is 11.9 Å². The van der Waals surface area contributed by atoms with Crippen LogP contribution in [0.15, 0.2) is 12.2 Å². The van der Waals surface area contributed by atoms with E-state index in [9.17, 15) is 9.59 Å². The van der Waals surface area contributed by atoms with Gasteiger partial charge in [0.1, 0.15) is 0 Å². The van der Waals surface area contributed by atoms with Crippen molar-refractivity contribution in [3.8, 4) is 0 Å². The highest BCUT2D eigenvalue weighted by Crippen LogP contribution is 2.11. The molecule has 0 spiro atoms. The van der Waals surface area contributed by atoms with E-state index in [-0.39, 0.29) is 0 Å². The van der Waals surface area contributed by atoms with Gasteiger partial charge in [0.05, 0.1) is 0 Å². The molecule has 1 fully saturated rings. The molecule has 0 bridgehead atoms. The average molecular weight is 184 g/mol. The summed E-state index contributed by atoms with van der Waals surface area (Å²) < 4.78 is 9.56. The topological polar surface area (TPSA) is 52.6 Å². The van der Waals surface area contributed by atoms with E-state index in [2.05, 4.69) is 0 Å². The maximum Gasteiger partial charge on any atom is 0.352 e. The summed E-state index contributed by atoms with van der Waals surface area (Å²) in [4.78, 5) is 22.1. The van der Waals surface area contributed by atoms with Crippen LogP contribution in [0.1, 0.15) is 20.3 Å². The van der Waals surface area contributed by atoms with Crippen LogP contribution in [-0.4, -0.2) is 24.1 Å². The van der Waals surface area contributed by atoms with Gasteiger partial charge in [0.2, 0.25) is 6.10 Å². The Morgan fingerprint density at radius 1 is 1.31 bits per heavy atom. The number of carbonyl (C=O) groups excluding carboxylic acids is 2. The zero-order valence-electron chi connectivity index (χ0n) is 7.65. The number of cyclic esters (lactones) is 2. The summed E-state index contributed by atoms with van der Waals surface area (Å²) in [6, 6.07) is 0. The van der Waals surface area contributed by atoms with Crippen molar-refractivity contribution in [2.75, 3.05) is 0 Å². The lowest BCUT2D eigenvalue weighted by Gasteiger charge is -2.23. The highest BCUT2D eigenvalue weighted by atomic mass is 16.6. The third kappa shape index (κ3) is 2.31. The number of ether oxygens (including phenoxy) is 2. The highest BCUT2D eigenvalue weighted by Gasteiger charge is 2.33. The van der Waals surface area contributed by atoms with Crippen LogP contribution in [0, 0.1) is 0 Å². The number of hydrogen-bond donors (Lipinski definition) is 0. The predicted molar refractivity (Wildman–Crippen MR) is 44.9 cm³/mol. The molecule has 2 atom stereocenters. The summed E-state index contributed by atoms with van der Waals surface area (Å²) in [6.07, 6.45) is 2.44. The molecule has 0 radical (unpaired) electrons. The molecule has 4 heteroatoms. The van der Waals surface area contributed by atoms with Crippen LogP contribution >= 0.6 is 0 Å². The van der Waals surface area contributed by atoms with Crippen LogP contribution in [0.3, 0.4) is 0 Å². The fourth-order valence-corrected chi connectivity index (χ4v) is 0.936. The van der Waals surface area contributed by atoms with Crippen molar-refractivity contribution in [3.05, 3.63) is 12.2 Å². The SMILES string of the molecule is CC/C=C/C1OC(=O)C(C)OC1=O. The minimum Gasteiger partial charge on any atom is -0.448 e. The Morgan fingerprint density at radius 2 is 2.00 bits per heavy atom. The summed E-state index contributed by atoms with van der Waals surface area (Å²) in [5.74, 6) is -0.998. The van der Waals surface area contributed by atoms with Gasteiger partial charge in [-0.05, 0) is 19.4 Å². The second-order valence-corrected chi connectivity index (χ2v) is 2.77. The molecule has 0 N–H and O–H groups in total. The molecule has 0 aliphatic carbocycles. The van der Waals surface area contributed by atoms with E-state index in [1.54, 1.807) is 6.08 Å². The summed E-state index contributed by atoms with van der Waals surface area (Å²) in [5.41, 5.74) is 0. The molecule has 0 aromatic rings. The molecule has 2 unspecified atom stereocenters. The summed E-state index contributed by atoms with van der Waals surface area (Å²) in [7, 11) is 0. The summed E-state index contributed by atoms with van der Waals surface area (Å²) >= 11 is 0. The van der Waals surface area contributed by atoms with Gasteiger partial charge < -0.3 is 9.47 Å². The average Bonchev–Trinajstić information content (AvgIpc) is 2.09. The van der Waals surface area contributed by atoms with Gasteiger partial charge in [-0.2, -0.15) is 0 Å². The van der Waals surface area contributed by atoms with E-state index in [1.807, 2.05) is 6.92 Å². The monoisotopic (exact) mass is 184 g/mol. The van der Waals surface area contributed by atoms with Crippen LogP contribution < -0.4 is 0 Å². The third-order valence-corrected chi connectivity index (χ3v) is 1.65. The molecule has 4 nitrogen and oxygen atoms in total. The maximum atomic E-state index is 11.1. The molecule has 0 aromatic heterocycles. The molecule has 1 aliphatic heterocycles. The Kier molecular flexibility index (Phi) is 3.06. The molecule has 13 heavy (non-hydrogen) atoms. The van der Waals surface area contributed by atoms with E-state index in [0.29, 0.717) is 0 Å². The van der Waals surface area contributed by atoms with Crippen molar-refractivity contribution in [1.29, 1.82) is 0 Å². The van der Waals surface area contributed by atoms with Crippen molar-refractivity contribution in [1.82, 2.24) is 0 Å². The number of allylic oxidation sites excluding steroid dienone is 1. The first-order chi connectivity index (χ1) is 6.15. The quantitative estimate of drug-likeness (QED) is 0.470. The first-order valence-electron chi connectivity index (χ1n) is 4.22. The summed E-state index contributed by atoms with van der Waals surface area (Å²) in [6.45, 7) is 3.41. The third-order valence-electron chi connectivity index (χ3n) is 1.65. The Bertz CT molecular complexity index is 244. The van der Waals surface area contributed by atoms with Crippen molar-refractivity contribution < 1.29 is 19.1 Å². The van der Waals surface area contributed by atoms with Crippen molar-refractivity contribution >= 4 is 11.9 Å². The molecule has 1 heterocycles. The molecule has 72 valence electrons. The van der Waals surface area contributed by atoms with Gasteiger partial charge in [-0.1, -0.05) is 13.0 Å². The lowest BCUT2D eigenvalue weighted by Crippen LogP contribution is -2.41. The molecular weight excluding hydrogens is 172 g/mol. The van der Waals surface area contributed by atoms with Crippen molar-refractivity contribution in [2.24, 2.45) is 0 Å². The van der Waals surface area contributed by atoms with E-state index in [4.69, 9.17) is 9.47 Å². The van der Waals surface area contributed by atoms with Gasteiger partial charge in [-0.3, -0.25) is 0 Å². The van der Waals surface area contributed by atoms with Gasteiger partial charge in [0.25, 0.3) is 0 Å². The van der Waals surface area contributed by atoms with Crippen LogP contribution in [-0.2, 0) is 19.1 Å². The Hall–Kier alpha value is -1.32. The standard InChI is InChI=1S/C9H12O4/c1-3-4-5-7-9(11)12-6(2)8(10)13-7/h4-7H,3H2,1-2H3/b5-4+. The lowest BCUT2D eigenvalue weighted by atomic mass is 10.2. The number of carbonyl (C=O) groups is 2. The number of esters is 2. The minimum atomic E-state index is -0.858. The van der Waals surface area contributed by atoms with Crippen LogP contribution in [0.25, 0.3) is 0 Å². The molecular formula is C9H12O4. The van der Waals surface area contributed by atoms with E-state index >= 15 is 0 Å². The minimum absolute atomic E-state index is 0.495.